The lowest BCUT2D eigenvalue weighted by Crippen LogP contribution is -2.51. The van der Waals surface area contributed by atoms with Crippen LogP contribution >= 0.6 is 11.6 Å². The molecule has 3 rings (SSSR count). The van der Waals surface area contributed by atoms with Crippen molar-refractivity contribution in [3.63, 3.8) is 0 Å². The number of carbonyl (C=O) groups is 4. The van der Waals surface area contributed by atoms with Gasteiger partial charge < -0.3 is 14.8 Å². The van der Waals surface area contributed by atoms with Crippen LogP contribution in [-0.4, -0.2) is 37.5 Å². The third kappa shape index (κ3) is 5.15. The monoisotopic (exact) mass is 429 g/mol. The van der Waals surface area contributed by atoms with Crippen molar-refractivity contribution in [2.45, 2.75) is 0 Å². The number of barbiturate groups is 1. The molecule has 0 bridgehead atoms. The van der Waals surface area contributed by atoms with Gasteiger partial charge in [0.15, 0.2) is 6.61 Å². The van der Waals surface area contributed by atoms with Crippen LogP contribution in [0.25, 0.3) is 6.08 Å². The number of carbonyl (C=O) groups excluding carboxylic acids is 4. The van der Waals surface area contributed by atoms with E-state index >= 15 is 0 Å². The summed E-state index contributed by atoms with van der Waals surface area (Å²) in [6.07, 6.45) is 1.22. The number of rotatable bonds is 6. The van der Waals surface area contributed by atoms with E-state index in [0.717, 1.165) is 0 Å². The third-order valence-corrected chi connectivity index (χ3v) is 4.18. The van der Waals surface area contributed by atoms with Crippen molar-refractivity contribution in [3.05, 3.63) is 58.6 Å². The van der Waals surface area contributed by atoms with Crippen LogP contribution in [0.2, 0.25) is 5.02 Å². The molecule has 0 atom stereocenters. The van der Waals surface area contributed by atoms with Gasteiger partial charge in [0, 0.05) is 16.3 Å². The summed E-state index contributed by atoms with van der Waals surface area (Å²) < 4.78 is 10.6. The van der Waals surface area contributed by atoms with E-state index in [1.807, 2.05) is 10.6 Å². The molecule has 30 heavy (non-hydrogen) atoms. The Hall–Kier alpha value is -3.85. The number of benzene rings is 2. The molecule has 0 spiro atoms. The number of imide groups is 2. The van der Waals surface area contributed by atoms with Crippen LogP contribution in [0.5, 0.6) is 11.5 Å². The number of hydrogen-bond donors (Lipinski definition) is 3. The smallest absolute Gasteiger partial charge is 0.328 e. The van der Waals surface area contributed by atoms with E-state index in [-0.39, 0.29) is 23.5 Å². The molecule has 1 heterocycles. The van der Waals surface area contributed by atoms with E-state index in [0.29, 0.717) is 16.5 Å². The second-order valence-electron chi connectivity index (χ2n) is 6.04. The van der Waals surface area contributed by atoms with E-state index in [1.54, 1.807) is 31.4 Å². The number of hydrogen-bond acceptors (Lipinski definition) is 6. The quantitative estimate of drug-likeness (QED) is 0.477. The standard InChI is InChI=1S/C20H16ClN3O6/c1-29-14-5-3-13(4-6-14)22-17(25)10-30-16-7-2-12(21)8-11(16)9-15-18(26)23-20(28)24-19(15)27/h2-9H,10H2,1H3,(H,22,25)(H2,23,24,26,27,28). The highest BCUT2D eigenvalue weighted by Gasteiger charge is 2.28. The van der Waals surface area contributed by atoms with Crippen LogP contribution in [0.4, 0.5) is 10.5 Å². The molecule has 0 radical (unpaired) electrons. The summed E-state index contributed by atoms with van der Waals surface area (Å²) in [6.45, 7) is -0.333. The first-order chi connectivity index (χ1) is 14.4. The number of nitrogens with one attached hydrogen (secondary N) is 3. The molecular formula is C20H16ClN3O6. The predicted octanol–water partition coefficient (Wildman–Crippen LogP) is 2.12. The minimum Gasteiger partial charge on any atom is -0.497 e. The van der Waals surface area contributed by atoms with Crippen LogP contribution in [0.1, 0.15) is 5.56 Å². The SMILES string of the molecule is COc1ccc(NC(=O)COc2ccc(Cl)cc2C=C2C(=O)NC(=O)NC2=O)cc1. The van der Waals surface area contributed by atoms with Crippen LogP contribution in [0.15, 0.2) is 48.0 Å². The maximum Gasteiger partial charge on any atom is 0.328 e. The maximum atomic E-state index is 12.2. The number of halogens is 1. The van der Waals surface area contributed by atoms with E-state index in [1.165, 1.54) is 24.3 Å². The lowest BCUT2D eigenvalue weighted by Gasteiger charge is -2.15. The Kier molecular flexibility index (Phi) is 6.33. The largest absolute Gasteiger partial charge is 0.497 e. The first-order valence-electron chi connectivity index (χ1n) is 8.60. The zero-order valence-corrected chi connectivity index (χ0v) is 16.4. The number of amides is 5. The van der Waals surface area contributed by atoms with Gasteiger partial charge in [-0.05, 0) is 48.5 Å². The summed E-state index contributed by atoms with van der Waals surface area (Å²) in [5, 5.41) is 6.94. The second-order valence-corrected chi connectivity index (χ2v) is 6.48. The second kappa shape index (κ2) is 9.10. The van der Waals surface area contributed by atoms with Gasteiger partial charge in [0.2, 0.25) is 0 Å². The van der Waals surface area contributed by atoms with Crippen LogP contribution in [0.3, 0.4) is 0 Å². The van der Waals surface area contributed by atoms with Crippen molar-refractivity contribution in [2.75, 3.05) is 19.0 Å². The minimum atomic E-state index is -0.903. The highest BCUT2D eigenvalue weighted by atomic mass is 35.5. The topological polar surface area (TPSA) is 123 Å². The van der Waals surface area contributed by atoms with Crippen molar-refractivity contribution >= 4 is 47.1 Å². The molecule has 154 valence electrons. The number of anilines is 1. The van der Waals surface area contributed by atoms with Gasteiger partial charge in [0.1, 0.15) is 17.1 Å². The van der Waals surface area contributed by atoms with Crippen molar-refractivity contribution in [1.29, 1.82) is 0 Å². The van der Waals surface area contributed by atoms with Crippen molar-refractivity contribution < 1.29 is 28.7 Å². The molecule has 9 nitrogen and oxygen atoms in total. The summed E-state index contributed by atoms with van der Waals surface area (Å²) in [4.78, 5) is 47.2. The molecule has 1 aliphatic rings. The van der Waals surface area contributed by atoms with Gasteiger partial charge in [0.05, 0.1) is 7.11 Å². The van der Waals surface area contributed by atoms with E-state index < -0.39 is 23.8 Å². The molecule has 5 amide bonds. The molecular weight excluding hydrogens is 414 g/mol. The Morgan fingerprint density at radius 2 is 1.73 bits per heavy atom. The van der Waals surface area contributed by atoms with Gasteiger partial charge in [0.25, 0.3) is 17.7 Å². The van der Waals surface area contributed by atoms with Crippen LogP contribution in [0, 0.1) is 0 Å². The van der Waals surface area contributed by atoms with Crippen LogP contribution < -0.4 is 25.4 Å². The molecule has 0 unspecified atom stereocenters. The zero-order chi connectivity index (χ0) is 21.7. The van der Waals surface area contributed by atoms with Crippen molar-refractivity contribution in [1.82, 2.24) is 10.6 Å². The maximum absolute atomic E-state index is 12.2. The Labute approximate surface area is 176 Å². The molecule has 0 aliphatic carbocycles. The molecule has 2 aromatic rings. The average molecular weight is 430 g/mol. The lowest BCUT2D eigenvalue weighted by atomic mass is 10.1. The summed E-state index contributed by atoms with van der Waals surface area (Å²) in [5.41, 5.74) is 0.543. The molecule has 1 saturated heterocycles. The molecule has 1 fully saturated rings. The summed E-state index contributed by atoms with van der Waals surface area (Å²) in [5.74, 6) is -1.26. The zero-order valence-electron chi connectivity index (χ0n) is 15.7. The molecule has 1 aliphatic heterocycles. The third-order valence-electron chi connectivity index (χ3n) is 3.95. The van der Waals surface area contributed by atoms with E-state index in [2.05, 4.69) is 5.32 Å². The predicted molar refractivity (Wildman–Crippen MR) is 108 cm³/mol. The average Bonchev–Trinajstić information content (AvgIpc) is 2.70. The van der Waals surface area contributed by atoms with E-state index in [4.69, 9.17) is 21.1 Å². The fraction of sp³-hybridized carbons (Fsp3) is 0.100. The summed E-state index contributed by atoms with van der Waals surface area (Å²) in [6, 6.07) is 10.3. The highest BCUT2D eigenvalue weighted by Crippen LogP contribution is 2.26. The number of urea groups is 1. The fourth-order valence-corrected chi connectivity index (χ4v) is 2.72. The van der Waals surface area contributed by atoms with Crippen molar-refractivity contribution in [2.24, 2.45) is 0 Å². The highest BCUT2D eigenvalue weighted by molar-refractivity contribution is 6.32. The molecule has 0 saturated carbocycles. The summed E-state index contributed by atoms with van der Waals surface area (Å²) >= 11 is 6.00. The Balaban J connectivity index is 1.72. The number of ether oxygens (including phenoxy) is 2. The van der Waals surface area contributed by atoms with Gasteiger partial charge in [-0.1, -0.05) is 11.6 Å². The Morgan fingerprint density at radius 1 is 1.07 bits per heavy atom. The summed E-state index contributed by atoms with van der Waals surface area (Å²) in [7, 11) is 1.54. The first kappa shape index (κ1) is 20.9. The number of methoxy groups -OCH3 is 1. The Morgan fingerprint density at radius 3 is 2.37 bits per heavy atom. The fourth-order valence-electron chi connectivity index (χ4n) is 2.54. The lowest BCUT2D eigenvalue weighted by molar-refractivity contribution is -0.124. The Bertz CT molecular complexity index is 1030. The molecule has 0 aromatic heterocycles. The molecule has 2 aromatic carbocycles. The molecule has 3 N–H and O–H groups in total. The van der Waals surface area contributed by atoms with Gasteiger partial charge in [-0.3, -0.25) is 25.0 Å². The molecule has 10 heteroatoms. The van der Waals surface area contributed by atoms with Crippen LogP contribution in [-0.2, 0) is 14.4 Å². The normalized spacial score (nSPS) is 13.3. The first-order valence-corrected chi connectivity index (χ1v) is 8.98. The minimum absolute atomic E-state index is 0.217. The van der Waals surface area contributed by atoms with Gasteiger partial charge >= 0.3 is 6.03 Å². The van der Waals surface area contributed by atoms with E-state index in [9.17, 15) is 19.2 Å². The van der Waals surface area contributed by atoms with Gasteiger partial charge in [-0.2, -0.15) is 0 Å². The van der Waals surface area contributed by atoms with Gasteiger partial charge in [-0.15, -0.1) is 0 Å². The van der Waals surface area contributed by atoms with Crippen molar-refractivity contribution in [3.8, 4) is 11.5 Å². The van der Waals surface area contributed by atoms with Gasteiger partial charge in [-0.25, -0.2) is 4.79 Å².